The molecule has 0 spiro atoms. The third-order valence-electron chi connectivity index (χ3n) is 3.63. The number of rotatable bonds is 6. The van der Waals surface area contributed by atoms with Crippen LogP contribution in [0.1, 0.15) is 30.1 Å². The molecule has 0 saturated heterocycles. The molecule has 0 aromatic heterocycles. The summed E-state index contributed by atoms with van der Waals surface area (Å²) < 4.78 is 5.07. The van der Waals surface area contributed by atoms with Crippen molar-refractivity contribution in [1.82, 2.24) is 4.90 Å². The summed E-state index contributed by atoms with van der Waals surface area (Å²) in [5, 5.41) is 5.81. The van der Waals surface area contributed by atoms with Gasteiger partial charge in [0, 0.05) is 17.9 Å². The Morgan fingerprint density at radius 2 is 2.12 bits per heavy atom. The van der Waals surface area contributed by atoms with E-state index < -0.39 is 0 Å². The van der Waals surface area contributed by atoms with Crippen LogP contribution in [0, 0.1) is 0 Å². The molecule has 0 saturated carbocycles. The van der Waals surface area contributed by atoms with Gasteiger partial charge in [0.15, 0.2) is 5.17 Å². The van der Waals surface area contributed by atoms with Crippen molar-refractivity contribution in [2.24, 2.45) is 4.99 Å². The van der Waals surface area contributed by atoms with Crippen LogP contribution in [-0.2, 0) is 9.53 Å². The Hall–Kier alpha value is -2.28. The molecule has 0 atom stereocenters. The molecule has 0 aliphatic carbocycles. The number of thioether (sulfide) groups is 1. The van der Waals surface area contributed by atoms with Gasteiger partial charge in [0.25, 0.3) is 0 Å². The lowest BCUT2D eigenvalue weighted by Gasteiger charge is -2.16. The monoisotopic (exact) mass is 345 g/mol. The molecular formula is C17H19N3O3S. The second-order valence-electron chi connectivity index (χ2n) is 5.48. The van der Waals surface area contributed by atoms with Crippen LogP contribution < -0.4 is 5.32 Å². The zero-order chi connectivity index (χ0) is 16.9. The summed E-state index contributed by atoms with van der Waals surface area (Å²) in [5.41, 5.74) is 2.12. The van der Waals surface area contributed by atoms with Gasteiger partial charge in [-0.25, -0.2) is 4.79 Å². The number of carbonyl (C=O) groups is 2. The molecule has 2 heterocycles. The molecule has 2 aliphatic heterocycles. The molecule has 1 aromatic carbocycles. The van der Waals surface area contributed by atoms with Gasteiger partial charge < -0.3 is 15.0 Å². The van der Waals surface area contributed by atoms with Crippen molar-refractivity contribution in [3.05, 3.63) is 40.9 Å². The minimum atomic E-state index is -0.344. The Bertz CT molecular complexity index is 698. The molecule has 0 radical (unpaired) electrons. The van der Waals surface area contributed by atoms with Gasteiger partial charge in [0.2, 0.25) is 5.91 Å². The van der Waals surface area contributed by atoms with Crippen LogP contribution in [0.3, 0.4) is 0 Å². The van der Waals surface area contributed by atoms with E-state index in [1.807, 2.05) is 12.3 Å². The Kier molecular flexibility index (Phi) is 5.20. The average molecular weight is 345 g/mol. The highest BCUT2D eigenvalue weighted by Gasteiger charge is 2.27. The van der Waals surface area contributed by atoms with Gasteiger partial charge in [-0.15, -0.1) is 0 Å². The number of hydrogen-bond acceptors (Lipinski definition) is 6. The fraction of sp³-hybridized carbons (Fsp3) is 0.353. The molecule has 1 amide bonds. The van der Waals surface area contributed by atoms with Gasteiger partial charge in [-0.1, -0.05) is 18.7 Å². The number of fused-ring (bicyclic) bond motifs is 1. The number of amides is 1. The first-order chi connectivity index (χ1) is 11.7. The number of aliphatic imine (C=N–C) groups is 1. The first-order valence-corrected chi connectivity index (χ1v) is 8.80. The quantitative estimate of drug-likeness (QED) is 0.803. The van der Waals surface area contributed by atoms with Crippen LogP contribution in [0.5, 0.6) is 0 Å². The Balaban J connectivity index is 1.53. The zero-order valence-electron chi connectivity index (χ0n) is 13.4. The average Bonchev–Trinajstić information content (AvgIpc) is 3.18. The molecule has 1 N–H and O–H groups in total. The summed E-state index contributed by atoms with van der Waals surface area (Å²) in [6.45, 7) is 3.99. The lowest BCUT2D eigenvalue weighted by Crippen LogP contribution is -2.24. The smallest absolute Gasteiger partial charge is 0.338 e. The number of benzene rings is 1. The number of anilines is 1. The van der Waals surface area contributed by atoms with E-state index in [0.29, 0.717) is 24.3 Å². The maximum absolute atomic E-state index is 12.2. The van der Waals surface area contributed by atoms with E-state index in [2.05, 4.69) is 15.2 Å². The predicted molar refractivity (Wildman–Crippen MR) is 94.9 cm³/mol. The first-order valence-electron chi connectivity index (χ1n) is 7.92. The highest BCUT2D eigenvalue weighted by molar-refractivity contribution is 8.16. The SMILES string of the molecule is CCCOC(=O)c1ccc(NC(=O)CC2=CSC3=NCCN23)cc1. The normalized spacial score (nSPS) is 15.6. The van der Waals surface area contributed by atoms with Gasteiger partial charge in [0.05, 0.1) is 25.1 Å². The third kappa shape index (κ3) is 3.79. The van der Waals surface area contributed by atoms with E-state index in [0.717, 1.165) is 30.4 Å². The van der Waals surface area contributed by atoms with Crippen molar-refractivity contribution in [2.45, 2.75) is 19.8 Å². The van der Waals surface area contributed by atoms with Crippen molar-refractivity contribution < 1.29 is 14.3 Å². The molecule has 0 bridgehead atoms. The van der Waals surface area contributed by atoms with Crippen molar-refractivity contribution in [3.63, 3.8) is 0 Å². The largest absolute Gasteiger partial charge is 0.462 e. The summed E-state index contributed by atoms with van der Waals surface area (Å²) in [6.07, 6.45) is 1.10. The van der Waals surface area contributed by atoms with Crippen molar-refractivity contribution in [3.8, 4) is 0 Å². The second kappa shape index (κ2) is 7.53. The van der Waals surface area contributed by atoms with Crippen molar-refractivity contribution in [2.75, 3.05) is 25.0 Å². The standard InChI is InChI=1S/C17H19N3O3S/c1-2-9-23-16(22)12-3-5-13(6-4-12)19-15(21)10-14-11-24-17-18-7-8-20(14)17/h3-6,11H,2,7-10H2,1H3,(H,19,21). The van der Waals surface area contributed by atoms with Crippen LogP contribution in [0.15, 0.2) is 40.4 Å². The van der Waals surface area contributed by atoms with Gasteiger partial charge in [-0.3, -0.25) is 9.79 Å². The van der Waals surface area contributed by atoms with E-state index in [1.165, 1.54) is 0 Å². The number of ether oxygens (including phenoxy) is 1. The fourth-order valence-corrected chi connectivity index (χ4v) is 3.41. The summed E-state index contributed by atoms with van der Waals surface area (Å²) in [7, 11) is 0. The second-order valence-corrected chi connectivity index (χ2v) is 6.32. The lowest BCUT2D eigenvalue weighted by molar-refractivity contribution is -0.115. The molecule has 126 valence electrons. The highest BCUT2D eigenvalue weighted by atomic mass is 32.2. The minimum Gasteiger partial charge on any atom is -0.462 e. The van der Waals surface area contributed by atoms with E-state index in [9.17, 15) is 9.59 Å². The summed E-state index contributed by atoms with van der Waals surface area (Å²) >= 11 is 1.56. The van der Waals surface area contributed by atoms with Crippen molar-refractivity contribution in [1.29, 1.82) is 0 Å². The molecule has 3 rings (SSSR count). The number of carbonyl (C=O) groups excluding carboxylic acids is 2. The first kappa shape index (κ1) is 16.6. The number of esters is 1. The zero-order valence-corrected chi connectivity index (χ0v) is 14.3. The Morgan fingerprint density at radius 1 is 1.33 bits per heavy atom. The van der Waals surface area contributed by atoms with Gasteiger partial charge >= 0.3 is 5.97 Å². The molecule has 24 heavy (non-hydrogen) atoms. The third-order valence-corrected chi connectivity index (χ3v) is 4.58. The van der Waals surface area contributed by atoms with Gasteiger partial charge in [0.1, 0.15) is 0 Å². The molecule has 0 fully saturated rings. The van der Waals surface area contributed by atoms with Crippen molar-refractivity contribution >= 4 is 34.5 Å². The minimum absolute atomic E-state index is 0.0868. The van der Waals surface area contributed by atoms with Crippen LogP contribution >= 0.6 is 11.8 Å². The number of nitrogens with zero attached hydrogens (tertiary/aromatic N) is 2. The lowest BCUT2D eigenvalue weighted by atomic mass is 10.2. The number of hydrogen-bond donors (Lipinski definition) is 1. The Labute approximate surface area is 145 Å². The van der Waals surface area contributed by atoms with Crippen LogP contribution in [-0.4, -0.2) is 41.6 Å². The Morgan fingerprint density at radius 3 is 2.88 bits per heavy atom. The van der Waals surface area contributed by atoms with Crippen LogP contribution in [0.4, 0.5) is 5.69 Å². The summed E-state index contributed by atoms with van der Waals surface area (Å²) in [5.74, 6) is -0.431. The maximum Gasteiger partial charge on any atom is 0.338 e. The predicted octanol–water partition coefficient (Wildman–Crippen LogP) is 2.84. The summed E-state index contributed by atoms with van der Waals surface area (Å²) in [4.78, 5) is 30.4. The van der Waals surface area contributed by atoms with E-state index in [-0.39, 0.29) is 11.9 Å². The number of nitrogens with one attached hydrogen (secondary N) is 1. The van der Waals surface area contributed by atoms with Crippen LogP contribution in [0.25, 0.3) is 0 Å². The summed E-state index contributed by atoms with van der Waals surface area (Å²) in [6, 6.07) is 6.73. The highest BCUT2D eigenvalue weighted by Crippen LogP contribution is 2.30. The number of amidine groups is 1. The van der Waals surface area contributed by atoms with E-state index >= 15 is 0 Å². The van der Waals surface area contributed by atoms with Crippen LogP contribution in [0.2, 0.25) is 0 Å². The molecular weight excluding hydrogens is 326 g/mol. The molecule has 1 aromatic rings. The van der Waals surface area contributed by atoms with E-state index in [4.69, 9.17) is 4.74 Å². The molecule has 7 heteroatoms. The van der Waals surface area contributed by atoms with Gasteiger partial charge in [-0.2, -0.15) is 0 Å². The molecule has 6 nitrogen and oxygen atoms in total. The molecule has 2 aliphatic rings. The van der Waals surface area contributed by atoms with E-state index in [1.54, 1.807) is 36.0 Å². The molecule has 0 unspecified atom stereocenters. The fourth-order valence-electron chi connectivity index (χ4n) is 2.45. The topological polar surface area (TPSA) is 71.0 Å². The maximum atomic E-state index is 12.2. The van der Waals surface area contributed by atoms with Gasteiger partial charge in [-0.05, 0) is 36.1 Å².